The molecule has 0 radical (unpaired) electrons. The Hall–Kier alpha value is -1.39. The van der Waals surface area contributed by atoms with Gasteiger partial charge in [-0.15, -0.1) is 24.5 Å². The number of rotatable bonds is 2. The highest BCUT2D eigenvalue weighted by atomic mass is 32.2. The second kappa shape index (κ2) is 12.4. The van der Waals surface area contributed by atoms with Gasteiger partial charge in [-0.25, -0.2) is 8.42 Å². The predicted octanol–water partition coefficient (Wildman–Crippen LogP) is 5.74. The summed E-state index contributed by atoms with van der Waals surface area (Å²) in [5.74, 6) is 0. The van der Waals surface area contributed by atoms with E-state index in [1.807, 2.05) is 34.6 Å². The molecular formula is C17H26O2S2. The second-order valence-corrected chi connectivity index (χ2v) is 6.27. The second-order valence-electron chi connectivity index (χ2n) is 3.21. The third kappa shape index (κ3) is 6.74. The molecule has 0 aliphatic heterocycles. The highest BCUT2D eigenvalue weighted by molar-refractivity contribution is 7.91. The Morgan fingerprint density at radius 2 is 1.38 bits per heavy atom. The van der Waals surface area contributed by atoms with Gasteiger partial charge >= 0.3 is 0 Å². The van der Waals surface area contributed by atoms with E-state index >= 15 is 0 Å². The van der Waals surface area contributed by atoms with Gasteiger partial charge in [0.15, 0.2) is 0 Å². The summed E-state index contributed by atoms with van der Waals surface area (Å²) in [7, 11) is -3.31. The number of hydrogen-bond acceptors (Lipinski definition) is 3. The molecule has 0 aliphatic rings. The summed E-state index contributed by atoms with van der Waals surface area (Å²) < 4.78 is 24.1. The summed E-state index contributed by atoms with van der Waals surface area (Å²) >= 11 is 1.45. The fraction of sp³-hybridized carbons (Fsp3) is 0.294. The molecule has 2 rings (SSSR count). The molecule has 0 unspecified atom stereocenters. The van der Waals surface area contributed by atoms with Gasteiger partial charge in [0.05, 0.1) is 9.79 Å². The van der Waals surface area contributed by atoms with Crippen molar-refractivity contribution >= 4 is 21.2 Å². The third-order valence-electron chi connectivity index (χ3n) is 2.07. The van der Waals surface area contributed by atoms with Crippen molar-refractivity contribution in [2.45, 2.75) is 44.4 Å². The number of sulfone groups is 1. The lowest BCUT2D eigenvalue weighted by molar-refractivity contribution is 0.596. The predicted molar refractivity (Wildman–Crippen MR) is 94.9 cm³/mol. The van der Waals surface area contributed by atoms with Crippen molar-refractivity contribution in [3.8, 4) is 0 Å². The number of aryl methyl sites for hydroxylation is 1. The van der Waals surface area contributed by atoms with Gasteiger partial charge in [0.25, 0.3) is 0 Å². The van der Waals surface area contributed by atoms with Gasteiger partial charge in [-0.3, -0.25) is 0 Å². The summed E-state index contributed by atoms with van der Waals surface area (Å²) in [6.45, 7) is 15.9. The van der Waals surface area contributed by atoms with Crippen molar-refractivity contribution in [1.29, 1.82) is 0 Å². The zero-order chi connectivity index (χ0) is 16.9. The van der Waals surface area contributed by atoms with Crippen LogP contribution in [0.25, 0.3) is 0 Å². The normalized spacial score (nSPS) is 9.00. The number of thiophene rings is 1. The summed E-state index contributed by atoms with van der Waals surface area (Å²) in [4.78, 5) is 1.74. The van der Waals surface area contributed by atoms with Crippen molar-refractivity contribution in [1.82, 2.24) is 0 Å². The molecule has 2 nitrogen and oxygen atoms in total. The molecule has 0 N–H and O–H groups in total. The fourth-order valence-corrected chi connectivity index (χ4v) is 3.71. The summed E-state index contributed by atoms with van der Waals surface area (Å²) in [6.07, 6.45) is 0. The zero-order valence-corrected chi connectivity index (χ0v) is 15.2. The average Bonchev–Trinajstić information content (AvgIpc) is 3.01. The monoisotopic (exact) mass is 326 g/mol. The van der Waals surface area contributed by atoms with Gasteiger partial charge in [0.1, 0.15) is 0 Å². The van der Waals surface area contributed by atoms with Crippen LogP contribution in [0.4, 0.5) is 0 Å². The molecule has 0 bridgehead atoms. The Morgan fingerprint density at radius 3 is 1.76 bits per heavy atom. The quantitative estimate of drug-likeness (QED) is 0.659. The maximum atomic E-state index is 12.1. The Balaban J connectivity index is 0. The minimum Gasteiger partial charge on any atom is -0.218 e. The van der Waals surface area contributed by atoms with E-state index in [-0.39, 0.29) is 0 Å². The summed E-state index contributed by atoms with van der Waals surface area (Å²) in [5.41, 5.74) is 0. The van der Waals surface area contributed by atoms with Crippen LogP contribution in [0.1, 0.15) is 32.6 Å². The first kappa shape index (κ1) is 21.9. The van der Waals surface area contributed by atoms with E-state index in [0.29, 0.717) is 9.79 Å². The summed E-state index contributed by atoms with van der Waals surface area (Å²) in [6, 6.07) is 10.2. The van der Waals surface area contributed by atoms with Crippen LogP contribution in [0.5, 0.6) is 0 Å². The highest BCUT2D eigenvalue weighted by Crippen LogP contribution is 2.24. The average molecular weight is 327 g/mol. The zero-order valence-electron chi connectivity index (χ0n) is 13.6. The standard InChI is InChI=1S/C11H10O2S2.2C2H6.C2H4/c1-9-7-11(8-14-9)15(12,13)10-5-3-2-4-6-10;3*1-2/h2-8H,1H3;2*1-2H3;1-2H2. The molecule has 0 atom stereocenters. The first-order valence-electron chi connectivity index (χ1n) is 6.96. The lowest BCUT2D eigenvalue weighted by Crippen LogP contribution is -1.99. The molecule has 118 valence electrons. The maximum Gasteiger partial charge on any atom is 0.207 e. The topological polar surface area (TPSA) is 34.1 Å². The molecule has 1 heterocycles. The molecule has 4 heteroatoms. The van der Waals surface area contributed by atoms with E-state index in [1.165, 1.54) is 11.3 Å². The van der Waals surface area contributed by atoms with Crippen LogP contribution in [-0.4, -0.2) is 8.42 Å². The van der Waals surface area contributed by atoms with Crippen LogP contribution >= 0.6 is 11.3 Å². The Morgan fingerprint density at radius 1 is 0.905 bits per heavy atom. The lowest BCUT2D eigenvalue weighted by Gasteiger charge is -2.00. The molecule has 0 saturated carbocycles. The number of benzene rings is 1. The van der Waals surface area contributed by atoms with E-state index in [2.05, 4.69) is 13.2 Å². The highest BCUT2D eigenvalue weighted by Gasteiger charge is 2.17. The van der Waals surface area contributed by atoms with Crippen LogP contribution < -0.4 is 0 Å². The van der Waals surface area contributed by atoms with Gasteiger partial charge in [-0.2, -0.15) is 0 Å². The Labute approximate surface area is 134 Å². The molecule has 0 amide bonds. The number of hydrogen-bond donors (Lipinski definition) is 0. The molecule has 0 spiro atoms. The minimum absolute atomic E-state index is 0.350. The van der Waals surface area contributed by atoms with Crippen LogP contribution in [0.2, 0.25) is 0 Å². The Bertz CT molecular complexity index is 570. The van der Waals surface area contributed by atoms with Crippen LogP contribution in [0.15, 0.2) is 64.7 Å². The molecule has 0 aliphatic carbocycles. The molecule has 0 fully saturated rings. The van der Waals surface area contributed by atoms with E-state index in [4.69, 9.17) is 0 Å². The van der Waals surface area contributed by atoms with Crippen molar-refractivity contribution in [3.63, 3.8) is 0 Å². The third-order valence-corrected chi connectivity index (χ3v) is 4.83. The van der Waals surface area contributed by atoms with Crippen LogP contribution in [0.3, 0.4) is 0 Å². The molecule has 1 aromatic heterocycles. The van der Waals surface area contributed by atoms with Gasteiger partial charge in [-0.1, -0.05) is 45.9 Å². The van der Waals surface area contributed by atoms with Gasteiger partial charge in [0.2, 0.25) is 9.84 Å². The largest absolute Gasteiger partial charge is 0.218 e. The van der Waals surface area contributed by atoms with Crippen molar-refractivity contribution in [2.24, 2.45) is 0 Å². The van der Waals surface area contributed by atoms with Crippen molar-refractivity contribution in [2.75, 3.05) is 0 Å². The van der Waals surface area contributed by atoms with Gasteiger partial charge in [-0.05, 0) is 25.1 Å². The molecule has 1 aromatic carbocycles. The van der Waals surface area contributed by atoms with Crippen molar-refractivity contribution < 1.29 is 8.42 Å². The molecular weight excluding hydrogens is 300 g/mol. The summed E-state index contributed by atoms with van der Waals surface area (Å²) in [5, 5.41) is 1.68. The van der Waals surface area contributed by atoms with E-state index < -0.39 is 9.84 Å². The first-order valence-corrected chi connectivity index (χ1v) is 9.32. The fourth-order valence-electron chi connectivity index (χ4n) is 1.30. The van der Waals surface area contributed by atoms with E-state index in [1.54, 1.807) is 41.8 Å². The van der Waals surface area contributed by atoms with E-state index in [9.17, 15) is 8.42 Å². The lowest BCUT2D eigenvalue weighted by atomic mass is 10.4. The minimum atomic E-state index is -3.31. The maximum absolute atomic E-state index is 12.1. The SMILES string of the molecule is C=C.CC.CC.Cc1cc(S(=O)(=O)c2ccccc2)cs1. The van der Waals surface area contributed by atoms with E-state index in [0.717, 1.165) is 4.88 Å². The van der Waals surface area contributed by atoms with Crippen LogP contribution in [0, 0.1) is 6.92 Å². The Kier molecular flexibility index (Phi) is 12.9. The van der Waals surface area contributed by atoms with Gasteiger partial charge in [0, 0.05) is 10.3 Å². The van der Waals surface area contributed by atoms with Crippen molar-refractivity contribution in [3.05, 3.63) is 59.8 Å². The van der Waals surface area contributed by atoms with Gasteiger partial charge < -0.3 is 0 Å². The molecule has 21 heavy (non-hydrogen) atoms. The smallest absolute Gasteiger partial charge is 0.207 e. The molecule has 2 aromatic rings. The first-order chi connectivity index (χ1) is 10.1. The molecule has 0 saturated heterocycles. The van der Waals surface area contributed by atoms with Crippen LogP contribution in [-0.2, 0) is 9.84 Å².